The molecule has 0 atom stereocenters. The predicted octanol–water partition coefficient (Wildman–Crippen LogP) is 1.16. The number of nitrogen functional groups attached to an aromatic ring is 1. The lowest BCUT2D eigenvalue weighted by Crippen LogP contribution is -1.87. The second kappa shape index (κ2) is 2.20. The number of aromatic amines is 1. The zero-order valence-electron chi connectivity index (χ0n) is 7.05. The number of nitrogens with two attached hydrogens (primary N) is 1. The molecule has 12 heavy (non-hydrogen) atoms. The quantitative estimate of drug-likeness (QED) is 0.610. The molecule has 2 rings (SSSR count). The summed E-state index contributed by atoms with van der Waals surface area (Å²) in [5.41, 5.74) is 9.41. The average molecular weight is 162 g/mol. The van der Waals surface area contributed by atoms with Gasteiger partial charge < -0.3 is 10.7 Å². The molecule has 2 heterocycles. The molecule has 0 aromatic carbocycles. The fourth-order valence-electron chi connectivity index (χ4n) is 1.21. The van der Waals surface area contributed by atoms with E-state index in [2.05, 4.69) is 15.0 Å². The van der Waals surface area contributed by atoms with Gasteiger partial charge in [0.25, 0.3) is 0 Å². The number of H-pyrrole nitrogens is 1. The second-order valence-corrected chi connectivity index (χ2v) is 2.85. The van der Waals surface area contributed by atoms with Crippen LogP contribution in [-0.2, 0) is 0 Å². The number of imidazole rings is 1. The summed E-state index contributed by atoms with van der Waals surface area (Å²) in [6, 6.07) is 0. The zero-order chi connectivity index (χ0) is 8.72. The Morgan fingerprint density at radius 1 is 1.42 bits per heavy atom. The molecule has 62 valence electrons. The minimum Gasteiger partial charge on any atom is -0.369 e. The molecule has 0 bridgehead atoms. The number of pyridine rings is 1. The van der Waals surface area contributed by atoms with Crippen molar-refractivity contribution in [1.29, 1.82) is 0 Å². The third-order valence-electron chi connectivity index (χ3n) is 2.04. The van der Waals surface area contributed by atoms with E-state index in [4.69, 9.17) is 5.73 Å². The van der Waals surface area contributed by atoms with Crippen molar-refractivity contribution >= 4 is 17.0 Å². The van der Waals surface area contributed by atoms with E-state index in [-0.39, 0.29) is 0 Å². The van der Waals surface area contributed by atoms with Gasteiger partial charge in [-0.05, 0) is 19.4 Å². The largest absolute Gasteiger partial charge is 0.369 e. The molecule has 0 fully saturated rings. The summed E-state index contributed by atoms with van der Waals surface area (Å²) in [5.74, 6) is 0.445. The summed E-state index contributed by atoms with van der Waals surface area (Å²) in [4.78, 5) is 11.3. The van der Waals surface area contributed by atoms with Gasteiger partial charge in [0.15, 0.2) is 5.95 Å². The lowest BCUT2D eigenvalue weighted by atomic mass is 10.2. The molecule has 4 nitrogen and oxygen atoms in total. The molecular formula is C8H10N4. The molecule has 0 aliphatic rings. The van der Waals surface area contributed by atoms with E-state index in [1.165, 1.54) is 0 Å². The number of nitrogens with one attached hydrogen (secondary N) is 1. The number of aryl methyl sites for hydroxylation is 2. The summed E-state index contributed by atoms with van der Waals surface area (Å²) in [7, 11) is 0. The standard InChI is InChI=1S/C8H10N4/c1-4-5(2)10-3-6-7(4)12-8(9)11-6/h3H,1-2H3,(H3,9,11,12). The SMILES string of the molecule is Cc1ncc2[nH]c(N)nc2c1C. The molecule has 0 radical (unpaired) electrons. The fraction of sp³-hybridized carbons (Fsp3) is 0.250. The minimum absolute atomic E-state index is 0.445. The van der Waals surface area contributed by atoms with Gasteiger partial charge in [0.05, 0.1) is 17.2 Å². The topological polar surface area (TPSA) is 67.6 Å². The van der Waals surface area contributed by atoms with Gasteiger partial charge in [0.2, 0.25) is 0 Å². The maximum atomic E-state index is 5.52. The molecule has 2 aromatic rings. The Kier molecular flexibility index (Phi) is 1.30. The van der Waals surface area contributed by atoms with Crippen molar-refractivity contribution in [3.8, 4) is 0 Å². The molecule has 0 aliphatic carbocycles. The van der Waals surface area contributed by atoms with Gasteiger partial charge in [-0.2, -0.15) is 0 Å². The van der Waals surface area contributed by atoms with Gasteiger partial charge in [-0.3, -0.25) is 4.98 Å². The first-order chi connectivity index (χ1) is 5.68. The van der Waals surface area contributed by atoms with Crippen LogP contribution in [0.1, 0.15) is 11.3 Å². The van der Waals surface area contributed by atoms with E-state index in [1.54, 1.807) is 6.20 Å². The number of rotatable bonds is 0. The first-order valence-electron chi connectivity index (χ1n) is 3.76. The summed E-state index contributed by atoms with van der Waals surface area (Å²) >= 11 is 0. The van der Waals surface area contributed by atoms with Crippen LogP contribution in [-0.4, -0.2) is 15.0 Å². The predicted molar refractivity (Wildman–Crippen MR) is 47.8 cm³/mol. The number of hydrogen-bond acceptors (Lipinski definition) is 3. The Balaban J connectivity index is 2.89. The average Bonchev–Trinajstić information content (AvgIpc) is 2.39. The highest BCUT2D eigenvalue weighted by atomic mass is 15.0. The number of nitrogens with zero attached hydrogens (tertiary/aromatic N) is 2. The molecular weight excluding hydrogens is 152 g/mol. The molecule has 0 aliphatic heterocycles. The van der Waals surface area contributed by atoms with E-state index in [0.717, 1.165) is 22.3 Å². The van der Waals surface area contributed by atoms with Crippen LogP contribution in [0.4, 0.5) is 5.95 Å². The van der Waals surface area contributed by atoms with Gasteiger partial charge in [0.1, 0.15) is 0 Å². The van der Waals surface area contributed by atoms with Crippen LogP contribution in [0.3, 0.4) is 0 Å². The van der Waals surface area contributed by atoms with E-state index < -0.39 is 0 Å². The summed E-state index contributed by atoms with van der Waals surface area (Å²) in [5, 5.41) is 0. The highest BCUT2D eigenvalue weighted by molar-refractivity contribution is 5.80. The van der Waals surface area contributed by atoms with Gasteiger partial charge >= 0.3 is 0 Å². The Morgan fingerprint density at radius 2 is 2.17 bits per heavy atom. The van der Waals surface area contributed by atoms with E-state index >= 15 is 0 Å². The normalized spacial score (nSPS) is 10.8. The highest BCUT2D eigenvalue weighted by Gasteiger charge is 2.04. The van der Waals surface area contributed by atoms with Crippen molar-refractivity contribution in [3.05, 3.63) is 17.5 Å². The van der Waals surface area contributed by atoms with Gasteiger partial charge in [-0.1, -0.05) is 0 Å². The van der Waals surface area contributed by atoms with Crippen molar-refractivity contribution in [3.63, 3.8) is 0 Å². The monoisotopic (exact) mass is 162 g/mol. The first kappa shape index (κ1) is 7.09. The van der Waals surface area contributed by atoms with Crippen LogP contribution >= 0.6 is 0 Å². The van der Waals surface area contributed by atoms with Crippen LogP contribution in [0.5, 0.6) is 0 Å². The summed E-state index contributed by atoms with van der Waals surface area (Å²) in [6.45, 7) is 3.95. The summed E-state index contributed by atoms with van der Waals surface area (Å²) in [6.07, 6.45) is 1.75. The van der Waals surface area contributed by atoms with Crippen molar-refractivity contribution in [1.82, 2.24) is 15.0 Å². The number of hydrogen-bond donors (Lipinski definition) is 2. The van der Waals surface area contributed by atoms with E-state index in [9.17, 15) is 0 Å². The maximum absolute atomic E-state index is 5.52. The Morgan fingerprint density at radius 3 is 2.92 bits per heavy atom. The Labute approximate surface area is 69.8 Å². The van der Waals surface area contributed by atoms with Crippen molar-refractivity contribution in [2.45, 2.75) is 13.8 Å². The zero-order valence-corrected chi connectivity index (χ0v) is 7.05. The van der Waals surface area contributed by atoms with Crippen molar-refractivity contribution < 1.29 is 0 Å². The molecule has 0 unspecified atom stereocenters. The van der Waals surface area contributed by atoms with Gasteiger partial charge in [0, 0.05) is 5.69 Å². The summed E-state index contributed by atoms with van der Waals surface area (Å²) < 4.78 is 0. The molecule has 0 saturated carbocycles. The lowest BCUT2D eigenvalue weighted by Gasteiger charge is -1.96. The molecule has 2 aromatic heterocycles. The van der Waals surface area contributed by atoms with Crippen LogP contribution in [0.2, 0.25) is 0 Å². The molecule has 0 spiro atoms. The fourth-order valence-corrected chi connectivity index (χ4v) is 1.21. The smallest absolute Gasteiger partial charge is 0.198 e. The van der Waals surface area contributed by atoms with Crippen LogP contribution in [0, 0.1) is 13.8 Å². The van der Waals surface area contributed by atoms with Gasteiger partial charge in [-0.15, -0.1) is 0 Å². The van der Waals surface area contributed by atoms with E-state index in [1.807, 2.05) is 13.8 Å². The third-order valence-corrected chi connectivity index (χ3v) is 2.04. The van der Waals surface area contributed by atoms with Gasteiger partial charge in [-0.25, -0.2) is 4.98 Å². The van der Waals surface area contributed by atoms with E-state index in [0.29, 0.717) is 5.95 Å². The first-order valence-corrected chi connectivity index (χ1v) is 3.76. The second-order valence-electron chi connectivity index (χ2n) is 2.85. The number of anilines is 1. The number of fused-ring (bicyclic) bond motifs is 1. The molecule has 0 amide bonds. The Bertz CT molecular complexity index is 430. The highest BCUT2D eigenvalue weighted by Crippen LogP contribution is 2.17. The van der Waals surface area contributed by atoms with Crippen LogP contribution in [0.15, 0.2) is 6.20 Å². The maximum Gasteiger partial charge on any atom is 0.198 e. The molecule has 4 heteroatoms. The lowest BCUT2D eigenvalue weighted by molar-refractivity contribution is 1.17. The molecule has 3 N–H and O–H groups in total. The molecule has 0 saturated heterocycles. The third kappa shape index (κ3) is 0.845. The Hall–Kier alpha value is -1.58. The van der Waals surface area contributed by atoms with Crippen molar-refractivity contribution in [2.75, 3.05) is 5.73 Å². The van der Waals surface area contributed by atoms with Crippen LogP contribution in [0.25, 0.3) is 11.0 Å². The number of aromatic nitrogens is 3. The van der Waals surface area contributed by atoms with Crippen molar-refractivity contribution in [2.24, 2.45) is 0 Å². The van der Waals surface area contributed by atoms with Crippen LogP contribution < -0.4 is 5.73 Å². The minimum atomic E-state index is 0.445.